The molecule has 0 aliphatic heterocycles. The van der Waals surface area contributed by atoms with Gasteiger partial charge in [0.15, 0.2) is 0 Å². The van der Waals surface area contributed by atoms with Gasteiger partial charge in [0, 0.05) is 11.4 Å². The SMILES string of the molecule is Cc1ccc(NC(=O)C2CC2C(=O)Nc2ccc(Cl)c(Cl)c2)cc1C. The van der Waals surface area contributed by atoms with E-state index in [1.165, 1.54) is 5.56 Å². The topological polar surface area (TPSA) is 58.2 Å². The molecule has 0 heterocycles. The summed E-state index contributed by atoms with van der Waals surface area (Å²) in [6.45, 7) is 4.01. The lowest BCUT2D eigenvalue weighted by Crippen LogP contribution is -2.20. The highest BCUT2D eigenvalue weighted by atomic mass is 35.5. The second-order valence-electron chi connectivity index (χ2n) is 6.36. The third-order valence-corrected chi connectivity index (χ3v) is 5.16. The van der Waals surface area contributed by atoms with Crippen LogP contribution in [0, 0.1) is 25.7 Å². The Morgan fingerprint density at radius 1 is 0.840 bits per heavy atom. The summed E-state index contributed by atoms with van der Waals surface area (Å²) >= 11 is 11.8. The maximum absolute atomic E-state index is 12.3. The minimum Gasteiger partial charge on any atom is -0.326 e. The molecule has 0 aromatic heterocycles. The average molecular weight is 377 g/mol. The first-order chi connectivity index (χ1) is 11.8. The summed E-state index contributed by atoms with van der Waals surface area (Å²) in [5, 5.41) is 6.46. The van der Waals surface area contributed by atoms with Gasteiger partial charge >= 0.3 is 0 Å². The number of benzene rings is 2. The number of nitrogens with one attached hydrogen (secondary N) is 2. The van der Waals surface area contributed by atoms with E-state index in [2.05, 4.69) is 10.6 Å². The first-order valence-electron chi connectivity index (χ1n) is 7.99. The maximum atomic E-state index is 12.3. The fraction of sp³-hybridized carbons (Fsp3) is 0.263. The second-order valence-corrected chi connectivity index (χ2v) is 7.17. The Morgan fingerprint density at radius 3 is 1.96 bits per heavy atom. The van der Waals surface area contributed by atoms with Gasteiger partial charge in [-0.15, -0.1) is 0 Å². The van der Waals surface area contributed by atoms with Crippen molar-refractivity contribution in [2.45, 2.75) is 20.3 Å². The van der Waals surface area contributed by atoms with E-state index in [-0.39, 0.29) is 23.7 Å². The summed E-state index contributed by atoms with van der Waals surface area (Å²) in [4.78, 5) is 24.6. The molecule has 0 spiro atoms. The van der Waals surface area contributed by atoms with Crippen LogP contribution in [0.4, 0.5) is 11.4 Å². The Morgan fingerprint density at radius 2 is 1.40 bits per heavy atom. The molecule has 2 aromatic rings. The predicted octanol–water partition coefficient (Wildman–Crippen LogP) is 4.82. The van der Waals surface area contributed by atoms with E-state index in [9.17, 15) is 9.59 Å². The molecular weight excluding hydrogens is 359 g/mol. The fourth-order valence-electron chi connectivity index (χ4n) is 2.64. The van der Waals surface area contributed by atoms with Gasteiger partial charge in [0.25, 0.3) is 0 Å². The van der Waals surface area contributed by atoms with Gasteiger partial charge in [-0.25, -0.2) is 0 Å². The zero-order valence-electron chi connectivity index (χ0n) is 13.9. The smallest absolute Gasteiger partial charge is 0.228 e. The van der Waals surface area contributed by atoms with E-state index in [0.29, 0.717) is 22.2 Å². The van der Waals surface area contributed by atoms with Gasteiger partial charge in [-0.05, 0) is 61.7 Å². The van der Waals surface area contributed by atoms with Gasteiger partial charge < -0.3 is 10.6 Å². The molecule has 25 heavy (non-hydrogen) atoms. The van der Waals surface area contributed by atoms with Crippen molar-refractivity contribution < 1.29 is 9.59 Å². The van der Waals surface area contributed by atoms with Crippen molar-refractivity contribution in [2.24, 2.45) is 11.8 Å². The van der Waals surface area contributed by atoms with Crippen LogP contribution in [-0.4, -0.2) is 11.8 Å². The van der Waals surface area contributed by atoms with E-state index in [0.717, 1.165) is 11.3 Å². The van der Waals surface area contributed by atoms with Gasteiger partial charge in [0.2, 0.25) is 11.8 Å². The van der Waals surface area contributed by atoms with E-state index < -0.39 is 0 Å². The Balaban J connectivity index is 1.57. The molecule has 6 heteroatoms. The molecule has 1 aliphatic carbocycles. The third-order valence-electron chi connectivity index (χ3n) is 4.43. The molecule has 1 saturated carbocycles. The van der Waals surface area contributed by atoms with Crippen LogP contribution in [0.1, 0.15) is 17.5 Å². The summed E-state index contributed by atoms with van der Waals surface area (Å²) in [6.07, 6.45) is 0.545. The predicted molar refractivity (Wildman–Crippen MR) is 101 cm³/mol. The number of hydrogen-bond acceptors (Lipinski definition) is 2. The lowest BCUT2D eigenvalue weighted by molar-refractivity contribution is -0.122. The third kappa shape index (κ3) is 4.14. The fourth-order valence-corrected chi connectivity index (χ4v) is 2.94. The highest BCUT2D eigenvalue weighted by Crippen LogP contribution is 2.40. The number of carbonyl (C=O) groups is 2. The summed E-state index contributed by atoms with van der Waals surface area (Å²) < 4.78 is 0. The zero-order valence-corrected chi connectivity index (χ0v) is 15.4. The van der Waals surface area contributed by atoms with Crippen LogP contribution in [0.5, 0.6) is 0 Å². The van der Waals surface area contributed by atoms with Crippen molar-refractivity contribution in [2.75, 3.05) is 10.6 Å². The normalized spacial score (nSPS) is 18.6. The van der Waals surface area contributed by atoms with Gasteiger partial charge in [-0.3, -0.25) is 9.59 Å². The summed E-state index contributed by atoms with van der Waals surface area (Å²) in [7, 11) is 0. The molecule has 2 unspecified atom stereocenters. The molecule has 1 aliphatic rings. The molecule has 2 aromatic carbocycles. The quantitative estimate of drug-likeness (QED) is 0.802. The van der Waals surface area contributed by atoms with Gasteiger partial charge in [-0.2, -0.15) is 0 Å². The molecule has 2 amide bonds. The Hall–Kier alpha value is -2.04. The summed E-state index contributed by atoms with van der Waals surface area (Å²) in [6, 6.07) is 10.7. The van der Waals surface area contributed by atoms with Crippen LogP contribution < -0.4 is 10.6 Å². The molecule has 2 N–H and O–H groups in total. The Labute approximate surface area is 156 Å². The van der Waals surface area contributed by atoms with Gasteiger partial charge in [0.1, 0.15) is 0 Å². The summed E-state index contributed by atoms with van der Waals surface area (Å²) in [5.74, 6) is -0.929. The minimum absolute atomic E-state index is 0.127. The first kappa shape index (κ1) is 17.8. The lowest BCUT2D eigenvalue weighted by atomic mass is 10.1. The monoisotopic (exact) mass is 376 g/mol. The number of aryl methyl sites for hydroxylation is 2. The molecule has 0 saturated heterocycles. The van der Waals surface area contributed by atoms with E-state index in [1.54, 1.807) is 18.2 Å². The molecular formula is C19H18Cl2N2O2. The number of amides is 2. The van der Waals surface area contributed by atoms with E-state index >= 15 is 0 Å². The van der Waals surface area contributed by atoms with Crippen molar-refractivity contribution in [3.63, 3.8) is 0 Å². The highest BCUT2D eigenvalue weighted by molar-refractivity contribution is 6.42. The van der Waals surface area contributed by atoms with Crippen LogP contribution in [0.15, 0.2) is 36.4 Å². The maximum Gasteiger partial charge on any atom is 0.228 e. The molecule has 2 atom stereocenters. The van der Waals surface area contributed by atoms with Crippen molar-refractivity contribution in [3.05, 3.63) is 57.6 Å². The number of hydrogen-bond donors (Lipinski definition) is 2. The van der Waals surface area contributed by atoms with Crippen molar-refractivity contribution in [3.8, 4) is 0 Å². The zero-order chi connectivity index (χ0) is 18.1. The van der Waals surface area contributed by atoms with Crippen molar-refractivity contribution in [1.29, 1.82) is 0 Å². The second kappa shape index (κ2) is 7.06. The summed E-state index contributed by atoms with van der Waals surface area (Å²) in [5.41, 5.74) is 3.61. The Kier molecular flexibility index (Phi) is 5.02. The molecule has 0 radical (unpaired) electrons. The largest absolute Gasteiger partial charge is 0.326 e. The number of carbonyl (C=O) groups excluding carboxylic acids is 2. The molecule has 0 bridgehead atoms. The number of halogens is 2. The van der Waals surface area contributed by atoms with Crippen LogP contribution in [0.2, 0.25) is 10.0 Å². The van der Waals surface area contributed by atoms with Gasteiger partial charge in [-0.1, -0.05) is 29.3 Å². The molecule has 1 fully saturated rings. The molecule has 3 rings (SSSR count). The van der Waals surface area contributed by atoms with Crippen molar-refractivity contribution in [1.82, 2.24) is 0 Å². The Bertz CT molecular complexity index is 782. The van der Waals surface area contributed by atoms with Gasteiger partial charge in [0.05, 0.1) is 21.9 Å². The molecule has 130 valence electrons. The number of anilines is 2. The van der Waals surface area contributed by atoms with E-state index in [1.807, 2.05) is 32.0 Å². The molecule has 4 nitrogen and oxygen atoms in total. The van der Waals surface area contributed by atoms with E-state index in [4.69, 9.17) is 23.2 Å². The first-order valence-corrected chi connectivity index (χ1v) is 8.75. The standard InChI is InChI=1S/C19H18Cl2N2O2/c1-10-3-4-12(7-11(10)2)22-18(24)14-9-15(14)19(25)23-13-5-6-16(20)17(21)8-13/h3-8,14-15H,9H2,1-2H3,(H,22,24)(H,23,25). The van der Waals surface area contributed by atoms with Crippen LogP contribution >= 0.6 is 23.2 Å². The minimum atomic E-state index is -0.319. The van der Waals surface area contributed by atoms with Crippen LogP contribution in [-0.2, 0) is 9.59 Å². The average Bonchev–Trinajstić information content (AvgIpc) is 3.35. The van der Waals surface area contributed by atoms with Crippen molar-refractivity contribution >= 4 is 46.4 Å². The highest BCUT2D eigenvalue weighted by Gasteiger charge is 2.48. The van der Waals surface area contributed by atoms with Crippen LogP contribution in [0.3, 0.4) is 0 Å². The number of rotatable bonds is 4. The lowest BCUT2D eigenvalue weighted by Gasteiger charge is -2.08. The van der Waals surface area contributed by atoms with Crippen LogP contribution in [0.25, 0.3) is 0 Å².